The number of benzene rings is 2. The molecule has 2 aliphatic carbocycles. The Balaban J connectivity index is 1.46. The van der Waals surface area contributed by atoms with E-state index in [4.69, 9.17) is 0 Å². The number of sulfonamides is 2. The van der Waals surface area contributed by atoms with Gasteiger partial charge in [-0.25, -0.2) is 0 Å². The molecule has 33 heavy (non-hydrogen) atoms. The number of hydrogen-bond acceptors (Lipinski definition) is 6. The molecule has 2 aromatic rings. The molecular formula is C23H24N4O4S2. The van der Waals surface area contributed by atoms with E-state index in [1.165, 1.54) is 8.83 Å². The van der Waals surface area contributed by atoms with Gasteiger partial charge in [0.05, 0.1) is 20.9 Å². The quantitative estimate of drug-likeness (QED) is 0.666. The molecule has 0 radical (unpaired) electrons. The second-order valence-electron chi connectivity index (χ2n) is 9.71. The number of hydrogen-bond donors (Lipinski definition) is 0. The van der Waals surface area contributed by atoms with E-state index in [0.29, 0.717) is 19.3 Å². The van der Waals surface area contributed by atoms with E-state index in [9.17, 15) is 16.8 Å². The zero-order valence-corrected chi connectivity index (χ0v) is 19.9. The summed E-state index contributed by atoms with van der Waals surface area (Å²) >= 11 is 0. The van der Waals surface area contributed by atoms with Gasteiger partial charge in [-0.2, -0.15) is 35.9 Å². The Morgan fingerprint density at radius 3 is 1.42 bits per heavy atom. The maximum absolute atomic E-state index is 13.5. The summed E-state index contributed by atoms with van der Waals surface area (Å²) in [5.74, 6) is -0.125. The SMILES string of the molecule is C[C@@]12CC3=NN(S(=O)(=O)c4ccccc4)[C@]4(C)CC(=NN1S(=O)(=O)c1ccccc1)[C@H]2C[C@H]34. The van der Waals surface area contributed by atoms with Crippen molar-refractivity contribution in [3.8, 4) is 0 Å². The lowest BCUT2D eigenvalue weighted by molar-refractivity contribution is 0.118. The van der Waals surface area contributed by atoms with E-state index in [-0.39, 0.29) is 21.6 Å². The summed E-state index contributed by atoms with van der Waals surface area (Å²) in [7, 11) is -7.71. The molecule has 0 spiro atoms. The zero-order chi connectivity index (χ0) is 23.2. The lowest BCUT2D eigenvalue weighted by Gasteiger charge is -2.50. The van der Waals surface area contributed by atoms with Crippen molar-refractivity contribution in [3.63, 3.8) is 0 Å². The summed E-state index contributed by atoms with van der Waals surface area (Å²) in [5.41, 5.74) is -0.152. The van der Waals surface area contributed by atoms with Crippen LogP contribution < -0.4 is 0 Å². The molecule has 2 aromatic carbocycles. The standard InChI is InChI=1S/C23H24N4O4S2/c1-22-14-20-19-13-18(22)21(24-26(22)32(28,29)16-9-5-3-6-10-16)15-23(19,2)27(25-20)33(30,31)17-11-7-4-8-12-17/h3-12,18-19H,13-15H2,1-2H3/t18-,19-,22-,23+/m1/s1. The minimum Gasteiger partial charge on any atom is -0.200 e. The van der Waals surface area contributed by atoms with Crippen LogP contribution in [0.2, 0.25) is 0 Å². The van der Waals surface area contributed by atoms with Crippen molar-refractivity contribution in [1.82, 2.24) is 8.83 Å². The third-order valence-corrected chi connectivity index (χ3v) is 11.3. The van der Waals surface area contributed by atoms with Crippen molar-refractivity contribution in [3.05, 3.63) is 60.7 Å². The molecule has 2 aliphatic heterocycles. The van der Waals surface area contributed by atoms with E-state index in [1.807, 2.05) is 13.8 Å². The molecule has 2 heterocycles. The lowest BCUT2D eigenvalue weighted by atomic mass is 9.57. The fourth-order valence-electron chi connectivity index (χ4n) is 6.07. The van der Waals surface area contributed by atoms with Gasteiger partial charge in [-0.15, -0.1) is 0 Å². The molecular weight excluding hydrogens is 460 g/mol. The molecule has 10 heteroatoms. The predicted molar refractivity (Wildman–Crippen MR) is 123 cm³/mol. The Morgan fingerprint density at radius 2 is 1.06 bits per heavy atom. The first kappa shape index (κ1) is 20.9. The van der Waals surface area contributed by atoms with Gasteiger partial charge >= 0.3 is 0 Å². The summed E-state index contributed by atoms with van der Waals surface area (Å²) in [4.78, 5) is 0.394. The number of nitrogens with zero attached hydrogens (tertiary/aromatic N) is 4. The van der Waals surface area contributed by atoms with Gasteiger partial charge in [0.1, 0.15) is 0 Å². The molecule has 0 unspecified atom stereocenters. The molecule has 2 saturated carbocycles. The van der Waals surface area contributed by atoms with Crippen LogP contribution in [0.5, 0.6) is 0 Å². The van der Waals surface area contributed by atoms with Gasteiger partial charge in [-0.1, -0.05) is 36.4 Å². The fourth-order valence-corrected chi connectivity index (χ4v) is 9.38. The van der Waals surface area contributed by atoms with Crippen molar-refractivity contribution in [2.45, 2.75) is 54.0 Å². The average Bonchev–Trinajstić information content (AvgIpc) is 3.28. The van der Waals surface area contributed by atoms with Crippen LogP contribution in [-0.4, -0.2) is 48.2 Å². The highest BCUT2D eigenvalue weighted by molar-refractivity contribution is 7.89. The van der Waals surface area contributed by atoms with E-state index >= 15 is 0 Å². The summed E-state index contributed by atoms with van der Waals surface area (Å²) < 4.78 is 56.7. The van der Waals surface area contributed by atoms with Gasteiger partial charge in [-0.3, -0.25) is 0 Å². The van der Waals surface area contributed by atoms with Crippen LogP contribution in [0.4, 0.5) is 0 Å². The molecule has 172 valence electrons. The van der Waals surface area contributed by atoms with Crippen LogP contribution in [0, 0.1) is 11.8 Å². The third kappa shape index (κ3) is 2.62. The fraction of sp³-hybridized carbons (Fsp3) is 0.391. The zero-order valence-electron chi connectivity index (χ0n) is 18.3. The molecule has 2 fully saturated rings. The molecule has 6 rings (SSSR count). The van der Waals surface area contributed by atoms with Gasteiger partial charge in [0.25, 0.3) is 20.0 Å². The van der Waals surface area contributed by atoms with Crippen LogP contribution in [0.3, 0.4) is 0 Å². The van der Waals surface area contributed by atoms with E-state index < -0.39 is 31.1 Å². The highest BCUT2D eigenvalue weighted by atomic mass is 32.2. The molecule has 4 atom stereocenters. The molecule has 4 aliphatic rings. The van der Waals surface area contributed by atoms with Crippen LogP contribution in [0.1, 0.15) is 33.1 Å². The maximum Gasteiger partial charge on any atom is 0.279 e. The van der Waals surface area contributed by atoms with Crippen LogP contribution >= 0.6 is 0 Å². The Hall–Kier alpha value is -2.72. The summed E-state index contributed by atoms with van der Waals surface area (Å²) in [6, 6.07) is 16.6. The molecule has 0 amide bonds. The summed E-state index contributed by atoms with van der Waals surface area (Å²) in [6.07, 6.45) is 1.32. The third-order valence-electron chi connectivity index (χ3n) is 7.71. The molecule has 0 aromatic heterocycles. The highest BCUT2D eigenvalue weighted by Gasteiger charge is 2.67. The predicted octanol–water partition coefficient (Wildman–Crippen LogP) is 3.05. The monoisotopic (exact) mass is 484 g/mol. The first-order valence-corrected chi connectivity index (χ1v) is 13.8. The van der Waals surface area contributed by atoms with Crippen molar-refractivity contribution >= 4 is 31.5 Å². The number of hydrazone groups is 2. The first-order valence-electron chi connectivity index (χ1n) is 10.9. The second kappa shape index (κ2) is 6.44. The van der Waals surface area contributed by atoms with Gasteiger partial charge in [0.15, 0.2) is 0 Å². The van der Waals surface area contributed by atoms with Gasteiger partial charge < -0.3 is 0 Å². The highest BCUT2D eigenvalue weighted by Crippen LogP contribution is 2.58. The minimum atomic E-state index is -3.85. The maximum atomic E-state index is 13.5. The van der Waals surface area contributed by atoms with Crippen molar-refractivity contribution < 1.29 is 16.8 Å². The van der Waals surface area contributed by atoms with Crippen LogP contribution in [-0.2, 0) is 20.0 Å². The Kier molecular flexibility index (Phi) is 4.07. The Morgan fingerprint density at radius 1 is 0.697 bits per heavy atom. The molecule has 0 N–H and O–H groups in total. The minimum absolute atomic E-state index is 0.0626. The Bertz CT molecular complexity index is 1310. The van der Waals surface area contributed by atoms with Crippen LogP contribution in [0.15, 0.2) is 80.7 Å². The van der Waals surface area contributed by atoms with Crippen molar-refractivity contribution in [1.29, 1.82) is 0 Å². The van der Waals surface area contributed by atoms with Gasteiger partial charge in [0, 0.05) is 36.1 Å². The van der Waals surface area contributed by atoms with Crippen LogP contribution in [0.25, 0.3) is 0 Å². The summed E-state index contributed by atoms with van der Waals surface area (Å²) in [5, 5.41) is 9.30. The topological polar surface area (TPSA) is 99.5 Å². The van der Waals surface area contributed by atoms with Crippen molar-refractivity contribution in [2.75, 3.05) is 0 Å². The molecule has 2 bridgehead atoms. The van der Waals surface area contributed by atoms with E-state index in [1.54, 1.807) is 60.7 Å². The average molecular weight is 485 g/mol. The van der Waals surface area contributed by atoms with Gasteiger partial charge in [0.2, 0.25) is 0 Å². The number of rotatable bonds is 4. The second-order valence-corrected chi connectivity index (χ2v) is 13.2. The smallest absolute Gasteiger partial charge is 0.200 e. The van der Waals surface area contributed by atoms with E-state index in [0.717, 1.165) is 11.4 Å². The largest absolute Gasteiger partial charge is 0.279 e. The van der Waals surface area contributed by atoms with E-state index in [2.05, 4.69) is 10.2 Å². The normalized spacial score (nSPS) is 32.5. The van der Waals surface area contributed by atoms with Crippen molar-refractivity contribution in [2.24, 2.45) is 22.0 Å². The lowest BCUT2D eigenvalue weighted by Crippen LogP contribution is -2.61. The molecule has 8 nitrogen and oxygen atoms in total. The first-order chi connectivity index (χ1) is 15.6. The molecule has 0 saturated heterocycles. The summed E-state index contributed by atoms with van der Waals surface area (Å²) in [6.45, 7) is 3.81. The van der Waals surface area contributed by atoms with Gasteiger partial charge in [-0.05, 0) is 44.5 Å². The Labute approximate surface area is 193 Å².